The third kappa shape index (κ3) is 7.54. The molecule has 0 aromatic heterocycles. The molecule has 2 aromatic rings. The lowest BCUT2D eigenvalue weighted by atomic mass is 9.85. The molecule has 0 aliphatic rings. The predicted octanol–water partition coefficient (Wildman–Crippen LogP) is 8.89. The Kier molecular flexibility index (Phi) is 12.1. The summed E-state index contributed by atoms with van der Waals surface area (Å²) in [5.74, 6) is 1.25. The molecule has 0 radical (unpaired) electrons. The minimum Gasteiger partial charge on any atom is -0.211 e. The summed E-state index contributed by atoms with van der Waals surface area (Å²) in [4.78, 5) is 43.7. The predicted molar refractivity (Wildman–Crippen MR) is 147 cm³/mol. The van der Waals surface area contributed by atoms with Gasteiger partial charge in [0.2, 0.25) is 18.2 Å². The zero-order valence-electron chi connectivity index (χ0n) is 23.3. The summed E-state index contributed by atoms with van der Waals surface area (Å²) < 4.78 is 0. The number of aliphatic imine (C=N–C) groups is 3. The molecule has 0 amide bonds. The minimum absolute atomic E-state index is 0.0837. The maximum absolute atomic E-state index is 10.8. The molecule has 0 saturated heterocycles. The van der Waals surface area contributed by atoms with E-state index in [4.69, 9.17) is 0 Å². The fraction of sp³-hybridized carbons (Fsp3) is 0.500. The third-order valence-corrected chi connectivity index (χ3v) is 6.00. The summed E-state index contributed by atoms with van der Waals surface area (Å²) in [5.41, 5.74) is 7.00. The second kappa shape index (κ2) is 14.2. The van der Waals surface area contributed by atoms with Crippen LogP contribution in [0.2, 0.25) is 0 Å². The number of hydrogen-bond acceptors (Lipinski definition) is 6. The van der Waals surface area contributed by atoms with Crippen LogP contribution >= 0.6 is 0 Å². The lowest BCUT2D eigenvalue weighted by molar-refractivity contribution is 0.564. The van der Waals surface area contributed by atoms with Crippen molar-refractivity contribution in [2.45, 2.75) is 98.8 Å². The SMILES string of the molecule is CC(C)c1cc(C(C)C)c(N=C=O)c(C(C)C)c1N=C=O.CC(C)c1cccc(C(C)C)c1N=C=O. The molecule has 0 bridgehead atoms. The molecular weight excluding hydrogens is 450 g/mol. The second-order valence-electron chi connectivity index (χ2n) is 10.3. The van der Waals surface area contributed by atoms with E-state index >= 15 is 0 Å². The van der Waals surface area contributed by atoms with Crippen molar-refractivity contribution in [3.63, 3.8) is 0 Å². The summed E-state index contributed by atoms with van der Waals surface area (Å²) >= 11 is 0. The molecule has 6 nitrogen and oxygen atoms in total. The van der Waals surface area contributed by atoms with Crippen LogP contribution in [0.5, 0.6) is 0 Å². The van der Waals surface area contributed by atoms with Gasteiger partial charge >= 0.3 is 0 Å². The standard InChI is InChI=1S/C17H22N2O2.C13H17NO/c1-10(2)13-7-14(11(3)4)17(19-9-21)15(12(5)6)16(13)18-8-20;1-9(2)11-6-5-7-12(10(3)4)13(11)14-8-15/h7,10-12H,1-6H3;5-7,9-10H,1-4H3. The van der Waals surface area contributed by atoms with E-state index in [1.807, 2.05) is 38.1 Å². The number of para-hydroxylation sites is 1. The zero-order chi connectivity index (χ0) is 27.6. The average molecular weight is 490 g/mol. The number of benzene rings is 2. The topological polar surface area (TPSA) is 88.3 Å². The smallest absolute Gasteiger partial charge is 0.211 e. The summed E-state index contributed by atoms with van der Waals surface area (Å²) in [7, 11) is 0. The Morgan fingerprint density at radius 3 is 1.11 bits per heavy atom. The number of carbonyl (C=O) groups excluding carboxylic acids is 3. The highest BCUT2D eigenvalue weighted by atomic mass is 16.1. The van der Waals surface area contributed by atoms with Crippen molar-refractivity contribution in [1.82, 2.24) is 0 Å². The summed E-state index contributed by atoms with van der Waals surface area (Å²) in [5, 5.41) is 0. The first-order valence-electron chi connectivity index (χ1n) is 12.5. The van der Waals surface area contributed by atoms with Crippen LogP contribution in [0.25, 0.3) is 0 Å². The molecule has 0 aliphatic carbocycles. The van der Waals surface area contributed by atoms with Gasteiger partial charge in [0.1, 0.15) is 0 Å². The maximum Gasteiger partial charge on any atom is 0.240 e. The molecule has 6 heteroatoms. The van der Waals surface area contributed by atoms with E-state index in [1.54, 1.807) is 18.2 Å². The van der Waals surface area contributed by atoms with Crippen molar-refractivity contribution in [1.29, 1.82) is 0 Å². The van der Waals surface area contributed by atoms with Crippen molar-refractivity contribution in [3.05, 3.63) is 52.1 Å². The summed E-state index contributed by atoms with van der Waals surface area (Å²) in [6.07, 6.45) is 4.90. The van der Waals surface area contributed by atoms with E-state index in [0.29, 0.717) is 23.2 Å². The Hall–Kier alpha value is -3.42. The fourth-order valence-corrected chi connectivity index (χ4v) is 4.18. The first-order chi connectivity index (χ1) is 16.9. The average Bonchev–Trinajstić information content (AvgIpc) is 2.79. The molecule has 2 aromatic carbocycles. The molecule has 192 valence electrons. The van der Waals surface area contributed by atoms with Crippen molar-refractivity contribution in [2.24, 2.45) is 15.0 Å². The van der Waals surface area contributed by atoms with Gasteiger partial charge in [-0.3, -0.25) is 0 Å². The van der Waals surface area contributed by atoms with E-state index in [0.717, 1.165) is 33.5 Å². The van der Waals surface area contributed by atoms with Gasteiger partial charge in [-0.25, -0.2) is 14.4 Å². The maximum atomic E-state index is 10.8. The van der Waals surface area contributed by atoms with Gasteiger partial charge in [-0.05, 0) is 51.8 Å². The van der Waals surface area contributed by atoms with Gasteiger partial charge in [-0.2, -0.15) is 15.0 Å². The number of nitrogens with zero attached hydrogens (tertiary/aromatic N) is 3. The van der Waals surface area contributed by atoms with E-state index < -0.39 is 0 Å². The molecule has 0 aliphatic heterocycles. The molecule has 0 spiro atoms. The van der Waals surface area contributed by atoms with Gasteiger partial charge in [-0.15, -0.1) is 0 Å². The molecule has 2 rings (SSSR count). The van der Waals surface area contributed by atoms with Crippen LogP contribution in [0.3, 0.4) is 0 Å². The van der Waals surface area contributed by atoms with E-state index in [-0.39, 0.29) is 17.8 Å². The Morgan fingerprint density at radius 2 is 0.833 bits per heavy atom. The van der Waals surface area contributed by atoms with Crippen LogP contribution in [0.1, 0.15) is 127 Å². The zero-order valence-corrected chi connectivity index (χ0v) is 23.3. The molecule has 0 fully saturated rings. The number of isocyanates is 3. The van der Waals surface area contributed by atoms with Crippen molar-refractivity contribution in [2.75, 3.05) is 0 Å². The van der Waals surface area contributed by atoms with Crippen LogP contribution in [0.15, 0.2) is 39.2 Å². The highest BCUT2D eigenvalue weighted by molar-refractivity contribution is 5.74. The lowest BCUT2D eigenvalue weighted by Gasteiger charge is -2.22. The lowest BCUT2D eigenvalue weighted by Crippen LogP contribution is -2.01. The van der Waals surface area contributed by atoms with E-state index in [1.165, 1.54) is 0 Å². The molecule has 0 unspecified atom stereocenters. The molecule has 0 atom stereocenters. The van der Waals surface area contributed by atoms with Crippen molar-refractivity contribution >= 4 is 35.3 Å². The van der Waals surface area contributed by atoms with Gasteiger partial charge in [0.05, 0.1) is 17.1 Å². The molecule has 0 saturated carbocycles. The first-order valence-corrected chi connectivity index (χ1v) is 12.5. The minimum atomic E-state index is 0.0837. The van der Waals surface area contributed by atoms with Crippen molar-refractivity contribution in [3.8, 4) is 0 Å². The molecule has 0 N–H and O–H groups in total. The summed E-state index contributed by atoms with van der Waals surface area (Å²) in [6.45, 7) is 20.6. The summed E-state index contributed by atoms with van der Waals surface area (Å²) in [6, 6.07) is 8.06. The Labute approximate surface area is 215 Å². The van der Waals surface area contributed by atoms with Gasteiger partial charge < -0.3 is 0 Å². The van der Waals surface area contributed by atoms with E-state index in [2.05, 4.69) is 70.4 Å². The monoisotopic (exact) mass is 489 g/mol. The van der Waals surface area contributed by atoms with Crippen LogP contribution in [-0.4, -0.2) is 18.2 Å². The van der Waals surface area contributed by atoms with Crippen LogP contribution in [0.4, 0.5) is 17.1 Å². The van der Waals surface area contributed by atoms with Gasteiger partial charge in [0.25, 0.3) is 0 Å². The van der Waals surface area contributed by atoms with E-state index in [9.17, 15) is 14.4 Å². The normalized spacial score (nSPS) is 10.6. The van der Waals surface area contributed by atoms with Crippen LogP contribution in [0, 0.1) is 0 Å². The highest BCUT2D eigenvalue weighted by Gasteiger charge is 2.23. The number of hydrogen-bond donors (Lipinski definition) is 0. The molecular formula is C30H39N3O3. The van der Waals surface area contributed by atoms with Crippen molar-refractivity contribution < 1.29 is 14.4 Å². The third-order valence-electron chi connectivity index (χ3n) is 6.00. The first kappa shape index (κ1) is 30.6. The Bertz CT molecular complexity index is 1120. The van der Waals surface area contributed by atoms with Crippen LogP contribution in [-0.2, 0) is 14.4 Å². The Balaban J connectivity index is 0.000000381. The fourth-order valence-electron chi connectivity index (χ4n) is 4.18. The van der Waals surface area contributed by atoms with Crippen LogP contribution < -0.4 is 0 Å². The second-order valence-corrected chi connectivity index (χ2v) is 10.3. The number of rotatable bonds is 8. The highest BCUT2D eigenvalue weighted by Crippen LogP contribution is 2.45. The Morgan fingerprint density at radius 1 is 0.500 bits per heavy atom. The van der Waals surface area contributed by atoms with Gasteiger partial charge in [0.15, 0.2) is 0 Å². The van der Waals surface area contributed by atoms with Gasteiger partial charge in [-0.1, -0.05) is 93.5 Å². The largest absolute Gasteiger partial charge is 0.240 e. The molecule has 36 heavy (non-hydrogen) atoms. The molecule has 0 heterocycles. The van der Waals surface area contributed by atoms with Gasteiger partial charge in [0, 0.05) is 5.56 Å². The quantitative estimate of drug-likeness (QED) is 0.274.